The average molecular weight is 311 g/mol. The van der Waals surface area contributed by atoms with Crippen molar-refractivity contribution in [3.8, 4) is 0 Å². The quantitative estimate of drug-likeness (QED) is 0.442. The molecule has 0 saturated carbocycles. The Hall–Kier alpha value is 0.657. The van der Waals surface area contributed by atoms with Crippen molar-refractivity contribution in [1.82, 2.24) is 4.90 Å². The molecule has 0 radical (unpaired) electrons. The largest absolute Gasteiger partial charge is 1.00 e. The van der Waals surface area contributed by atoms with E-state index in [-0.39, 0.29) is 18.9 Å². The maximum absolute atomic E-state index is 10.1. The minimum Gasteiger partial charge on any atom is -0.749 e. The van der Waals surface area contributed by atoms with Gasteiger partial charge in [-0.3, -0.25) is 9.46 Å². The van der Waals surface area contributed by atoms with E-state index in [0.29, 0.717) is 0 Å². The molecule has 5 nitrogen and oxygen atoms in total. The molecule has 0 fully saturated rings. The smallest absolute Gasteiger partial charge is 0.749 e. The molecule has 0 bridgehead atoms. The van der Waals surface area contributed by atoms with Crippen LogP contribution in [0.1, 0.15) is 20.8 Å². The minimum atomic E-state index is -5.89. The van der Waals surface area contributed by atoms with Gasteiger partial charge in [0, 0.05) is 0 Å². The molecule has 1 N–H and O–H groups in total. The molecule has 0 atom stereocenters. The average Bonchev–Trinajstić information content (AvgIpc) is 2.01. The molecule has 0 rings (SSSR count). The van der Waals surface area contributed by atoms with Crippen molar-refractivity contribution in [2.75, 3.05) is 19.6 Å². The fourth-order valence-electron chi connectivity index (χ4n) is 0.671. The van der Waals surface area contributed by atoms with Gasteiger partial charge in [0.25, 0.3) is 0 Å². The third kappa shape index (κ3) is 92.1. The van der Waals surface area contributed by atoms with Crippen molar-refractivity contribution in [3.63, 3.8) is 0 Å². The molecule has 0 spiro atoms. The molecule has 0 heterocycles. The molecular weight excluding hydrogens is 295 g/mol. The van der Waals surface area contributed by atoms with Crippen molar-refractivity contribution in [2.45, 2.75) is 20.8 Å². The van der Waals surface area contributed by atoms with Crippen LogP contribution >= 0.6 is 16.0 Å². The van der Waals surface area contributed by atoms with Gasteiger partial charge in [-0.05, 0) is 19.6 Å². The van der Waals surface area contributed by atoms with Crippen LogP contribution in [0.25, 0.3) is 0 Å². The number of nitrogens with zero attached hydrogens (tertiary/aromatic N) is 1. The predicted octanol–water partition coefficient (Wildman–Crippen LogP) is -0.228. The summed E-state index contributed by atoms with van der Waals surface area (Å²) in [6.45, 7) is 10.1. The van der Waals surface area contributed by atoms with E-state index in [4.69, 9.17) is 18.9 Å². The first-order chi connectivity index (χ1) is 7.35. The van der Waals surface area contributed by atoms with E-state index in [1.54, 1.807) is 0 Å². The van der Waals surface area contributed by atoms with Gasteiger partial charge in [-0.15, -0.1) is 8.39 Å². The van der Waals surface area contributed by atoms with E-state index in [1.165, 1.54) is 19.6 Å². The topological polar surface area (TPSA) is 80.7 Å². The Labute approximate surface area is 116 Å². The zero-order valence-corrected chi connectivity index (χ0v) is 12.4. The van der Waals surface area contributed by atoms with Crippen LogP contribution in [-0.4, -0.2) is 29.4 Å². The van der Waals surface area contributed by atoms with Gasteiger partial charge < -0.3 is 9.79 Å². The predicted molar refractivity (Wildman–Crippen MR) is 55.3 cm³/mol. The molecule has 0 amide bonds. The maximum atomic E-state index is 10.1. The molecule has 0 aliphatic carbocycles. The van der Waals surface area contributed by atoms with Crippen molar-refractivity contribution < 1.29 is 54.6 Å². The van der Waals surface area contributed by atoms with Gasteiger partial charge >= 0.3 is 34.8 Å². The Balaban J connectivity index is -0.0000000813. The van der Waals surface area contributed by atoms with Gasteiger partial charge in [0.15, 0.2) is 0 Å². The molecule has 0 aliphatic heterocycles. The molecule has 12 heteroatoms. The summed E-state index contributed by atoms with van der Waals surface area (Å²) in [5.74, 6) is 0. The molecule has 0 aromatic carbocycles. The van der Waals surface area contributed by atoms with Crippen LogP contribution in [0.2, 0.25) is 0 Å². The molecule has 0 unspecified atom stereocenters. The Bertz CT molecular complexity index is 216. The molecular formula is C6H16F4LiNO4P2. The molecule has 108 valence electrons. The van der Waals surface area contributed by atoms with Gasteiger partial charge in [-0.2, -0.15) is 8.39 Å². The van der Waals surface area contributed by atoms with Gasteiger partial charge in [-0.25, -0.2) is 4.57 Å². The molecule has 0 aromatic heterocycles. The minimum absolute atomic E-state index is 0. The number of hydrogen-bond donors (Lipinski definition) is 1. The standard InChI is InChI=1S/C6H15N.2F2HO2P.Li/c1-4-7(5-2)6-3;2*1-5(2,3)4;/h4-6H2,1-3H3;2*(H,3,4);/q;;;+1/p-1. The summed E-state index contributed by atoms with van der Waals surface area (Å²) in [5, 5.41) is 0. The van der Waals surface area contributed by atoms with Crippen LogP contribution in [0.15, 0.2) is 0 Å². The maximum Gasteiger partial charge on any atom is 1.00 e. The summed E-state index contributed by atoms with van der Waals surface area (Å²) >= 11 is 0. The first-order valence-corrected chi connectivity index (χ1v) is 7.34. The first kappa shape index (κ1) is 27.1. The SMILES string of the molecule is CCN(CC)CC.O=P(O)(F)F.O=P([O-])(F)F.[Li+]. The molecule has 0 aliphatic rings. The monoisotopic (exact) mass is 311 g/mol. The van der Waals surface area contributed by atoms with Crippen LogP contribution < -0.4 is 23.8 Å². The third-order valence-corrected chi connectivity index (χ3v) is 1.34. The van der Waals surface area contributed by atoms with Gasteiger partial charge in [0.05, 0.1) is 0 Å². The Morgan fingerprint density at radius 1 is 1.00 bits per heavy atom. The van der Waals surface area contributed by atoms with Crippen LogP contribution in [0.3, 0.4) is 0 Å². The van der Waals surface area contributed by atoms with Crippen LogP contribution in [0.5, 0.6) is 0 Å². The molecule has 0 aromatic rings. The van der Waals surface area contributed by atoms with Gasteiger partial charge in [0.2, 0.25) is 0 Å². The van der Waals surface area contributed by atoms with Crippen LogP contribution in [-0.2, 0) is 9.13 Å². The van der Waals surface area contributed by atoms with Crippen LogP contribution in [0.4, 0.5) is 16.8 Å². The first-order valence-electron chi connectivity index (χ1n) is 4.49. The second-order valence-corrected chi connectivity index (χ2v) is 4.17. The van der Waals surface area contributed by atoms with E-state index < -0.39 is 16.0 Å². The van der Waals surface area contributed by atoms with E-state index in [0.717, 1.165) is 0 Å². The van der Waals surface area contributed by atoms with Crippen molar-refractivity contribution in [2.24, 2.45) is 0 Å². The fraction of sp³-hybridized carbons (Fsp3) is 1.00. The summed E-state index contributed by atoms with van der Waals surface area (Å²) in [5.41, 5.74) is 0. The number of halogens is 4. The van der Waals surface area contributed by atoms with E-state index in [2.05, 4.69) is 25.7 Å². The van der Waals surface area contributed by atoms with E-state index in [1.807, 2.05) is 0 Å². The van der Waals surface area contributed by atoms with Crippen molar-refractivity contribution in [3.05, 3.63) is 0 Å². The second kappa shape index (κ2) is 14.1. The summed E-state index contributed by atoms with van der Waals surface area (Å²) in [6.07, 6.45) is 0. The summed E-state index contributed by atoms with van der Waals surface area (Å²) in [7, 11) is -11.5. The van der Waals surface area contributed by atoms with Gasteiger partial charge in [-0.1, -0.05) is 20.8 Å². The third-order valence-electron chi connectivity index (χ3n) is 1.34. The fourth-order valence-corrected chi connectivity index (χ4v) is 0.671. The molecule has 0 saturated heterocycles. The van der Waals surface area contributed by atoms with E-state index in [9.17, 15) is 16.8 Å². The number of rotatable bonds is 3. The number of hydrogen-bond acceptors (Lipinski definition) is 4. The Kier molecular flexibility index (Phi) is 21.2. The normalized spacial score (nSPS) is 10.6. The van der Waals surface area contributed by atoms with Crippen molar-refractivity contribution in [1.29, 1.82) is 0 Å². The summed E-state index contributed by atoms with van der Waals surface area (Å²) in [6, 6.07) is 0. The summed E-state index contributed by atoms with van der Waals surface area (Å²) in [4.78, 5) is 17.4. The van der Waals surface area contributed by atoms with Gasteiger partial charge in [0.1, 0.15) is 0 Å². The second-order valence-electron chi connectivity index (χ2n) is 2.47. The Morgan fingerprint density at radius 2 is 1.11 bits per heavy atom. The molecule has 18 heavy (non-hydrogen) atoms. The van der Waals surface area contributed by atoms with Crippen LogP contribution in [0, 0.1) is 0 Å². The van der Waals surface area contributed by atoms with Crippen molar-refractivity contribution >= 4 is 16.0 Å². The zero-order valence-electron chi connectivity index (χ0n) is 10.6. The zero-order chi connectivity index (χ0) is 14.7. The Morgan fingerprint density at radius 3 is 1.11 bits per heavy atom. The van der Waals surface area contributed by atoms with E-state index >= 15 is 0 Å². The summed E-state index contributed by atoms with van der Waals surface area (Å²) < 4.78 is 57.1.